The molecule has 0 spiro atoms. The maximum absolute atomic E-state index is 12.7. The van der Waals surface area contributed by atoms with Crippen LogP contribution in [0.25, 0.3) is 0 Å². The average Bonchev–Trinajstić information content (AvgIpc) is 3.06. The van der Waals surface area contributed by atoms with Gasteiger partial charge in [0, 0.05) is 11.1 Å². The van der Waals surface area contributed by atoms with E-state index in [0.29, 0.717) is 17.9 Å². The Morgan fingerprint density at radius 2 is 1.92 bits per heavy atom. The van der Waals surface area contributed by atoms with E-state index in [9.17, 15) is 4.79 Å². The van der Waals surface area contributed by atoms with Gasteiger partial charge in [-0.25, -0.2) is 4.98 Å². The number of benzene rings is 2. The van der Waals surface area contributed by atoms with Crippen molar-refractivity contribution in [1.82, 2.24) is 4.98 Å². The molecule has 4 nitrogen and oxygen atoms in total. The Morgan fingerprint density at radius 3 is 2.68 bits per heavy atom. The number of anilines is 1. The average molecular weight is 352 g/mol. The van der Waals surface area contributed by atoms with Crippen LogP contribution < -0.4 is 10.1 Å². The van der Waals surface area contributed by atoms with Crippen LogP contribution in [0, 0.1) is 6.92 Å². The number of para-hydroxylation sites is 2. The fraction of sp³-hybridized carbons (Fsp3) is 0.200. The van der Waals surface area contributed by atoms with Crippen LogP contribution in [-0.2, 0) is 13.0 Å². The van der Waals surface area contributed by atoms with Crippen molar-refractivity contribution in [2.45, 2.75) is 26.9 Å². The molecule has 1 aromatic heterocycles. The first kappa shape index (κ1) is 17.2. The lowest BCUT2D eigenvalue weighted by Crippen LogP contribution is -2.14. The topological polar surface area (TPSA) is 51.2 Å². The number of aromatic nitrogens is 1. The maximum atomic E-state index is 12.7. The minimum Gasteiger partial charge on any atom is -0.486 e. The number of carbonyl (C=O) groups excluding carboxylic acids is 1. The fourth-order valence-corrected chi connectivity index (χ4v) is 3.14. The van der Waals surface area contributed by atoms with Gasteiger partial charge in [-0.05, 0) is 37.1 Å². The zero-order chi connectivity index (χ0) is 17.6. The molecular formula is C20H20N2O2S. The van der Waals surface area contributed by atoms with Crippen LogP contribution in [0.1, 0.15) is 33.5 Å². The Bertz CT molecular complexity index is 873. The van der Waals surface area contributed by atoms with Crippen LogP contribution >= 0.6 is 11.3 Å². The fourth-order valence-electron chi connectivity index (χ4n) is 2.55. The van der Waals surface area contributed by atoms with E-state index in [-0.39, 0.29) is 5.91 Å². The van der Waals surface area contributed by atoms with Gasteiger partial charge in [-0.3, -0.25) is 4.79 Å². The van der Waals surface area contributed by atoms with Gasteiger partial charge in [0.25, 0.3) is 5.91 Å². The largest absolute Gasteiger partial charge is 0.486 e. The SMILES string of the molecule is CCc1ccccc1NC(=O)c1ccccc1OCc1csc(C)n1. The Morgan fingerprint density at radius 1 is 1.16 bits per heavy atom. The molecule has 0 aliphatic carbocycles. The second-order valence-corrected chi connectivity index (χ2v) is 6.67. The number of hydrogen-bond acceptors (Lipinski definition) is 4. The second-order valence-electron chi connectivity index (χ2n) is 5.61. The smallest absolute Gasteiger partial charge is 0.259 e. The molecule has 0 saturated carbocycles. The van der Waals surface area contributed by atoms with Crippen molar-refractivity contribution in [3.63, 3.8) is 0 Å². The zero-order valence-electron chi connectivity index (χ0n) is 14.3. The summed E-state index contributed by atoms with van der Waals surface area (Å²) in [6, 6.07) is 15.1. The van der Waals surface area contributed by atoms with Crippen LogP contribution in [-0.4, -0.2) is 10.9 Å². The number of thiazole rings is 1. The minimum atomic E-state index is -0.175. The predicted molar refractivity (Wildman–Crippen MR) is 101 cm³/mol. The molecule has 3 rings (SSSR count). The highest BCUT2D eigenvalue weighted by Gasteiger charge is 2.14. The summed E-state index contributed by atoms with van der Waals surface area (Å²) < 4.78 is 5.84. The van der Waals surface area contributed by atoms with E-state index in [2.05, 4.69) is 17.2 Å². The standard InChI is InChI=1S/C20H20N2O2S/c1-3-15-8-4-6-10-18(15)22-20(23)17-9-5-7-11-19(17)24-12-16-13-25-14(2)21-16/h4-11,13H,3,12H2,1-2H3,(H,22,23). The number of rotatable bonds is 6. The summed E-state index contributed by atoms with van der Waals surface area (Å²) in [4.78, 5) is 17.1. The summed E-state index contributed by atoms with van der Waals surface area (Å²) >= 11 is 1.59. The molecule has 25 heavy (non-hydrogen) atoms. The van der Waals surface area contributed by atoms with Crippen molar-refractivity contribution in [3.05, 3.63) is 75.7 Å². The third-order valence-electron chi connectivity index (χ3n) is 3.82. The molecule has 1 amide bonds. The zero-order valence-corrected chi connectivity index (χ0v) is 15.1. The van der Waals surface area contributed by atoms with Gasteiger partial charge in [-0.15, -0.1) is 11.3 Å². The van der Waals surface area contributed by atoms with Crippen molar-refractivity contribution in [2.75, 3.05) is 5.32 Å². The van der Waals surface area contributed by atoms with Crippen molar-refractivity contribution >= 4 is 22.9 Å². The molecule has 0 atom stereocenters. The first-order chi connectivity index (χ1) is 12.2. The Balaban J connectivity index is 1.76. The Labute approximate surface area is 151 Å². The number of carbonyl (C=O) groups is 1. The molecule has 3 aromatic rings. The lowest BCUT2D eigenvalue weighted by molar-refractivity contribution is 0.102. The van der Waals surface area contributed by atoms with Gasteiger partial charge >= 0.3 is 0 Å². The van der Waals surface area contributed by atoms with Gasteiger partial charge in [0.15, 0.2) is 0 Å². The third kappa shape index (κ3) is 4.25. The number of nitrogens with one attached hydrogen (secondary N) is 1. The molecule has 5 heteroatoms. The lowest BCUT2D eigenvalue weighted by Gasteiger charge is -2.13. The summed E-state index contributed by atoms with van der Waals surface area (Å²) in [5.41, 5.74) is 3.32. The van der Waals surface area contributed by atoms with Crippen molar-refractivity contribution in [2.24, 2.45) is 0 Å². The molecular weight excluding hydrogens is 332 g/mol. The molecule has 0 radical (unpaired) electrons. The summed E-state index contributed by atoms with van der Waals surface area (Å²) in [5.74, 6) is 0.380. The first-order valence-corrected chi connectivity index (χ1v) is 9.07. The molecule has 0 unspecified atom stereocenters. The highest BCUT2D eigenvalue weighted by atomic mass is 32.1. The van der Waals surface area contributed by atoms with Crippen LogP contribution in [0.2, 0.25) is 0 Å². The summed E-state index contributed by atoms with van der Waals surface area (Å²) in [6.07, 6.45) is 0.859. The van der Waals surface area contributed by atoms with E-state index in [4.69, 9.17) is 4.74 Å². The van der Waals surface area contributed by atoms with Crippen molar-refractivity contribution in [1.29, 1.82) is 0 Å². The normalized spacial score (nSPS) is 10.5. The Hall–Kier alpha value is -2.66. The van der Waals surface area contributed by atoms with E-state index < -0.39 is 0 Å². The third-order valence-corrected chi connectivity index (χ3v) is 4.64. The van der Waals surface area contributed by atoms with Crippen molar-refractivity contribution < 1.29 is 9.53 Å². The van der Waals surface area contributed by atoms with Gasteiger partial charge in [-0.1, -0.05) is 37.3 Å². The molecule has 0 aliphatic rings. The number of hydrogen-bond donors (Lipinski definition) is 1. The minimum absolute atomic E-state index is 0.175. The van der Waals surface area contributed by atoms with Gasteiger partial charge in [0.05, 0.1) is 16.3 Å². The maximum Gasteiger partial charge on any atom is 0.259 e. The molecule has 0 fully saturated rings. The van der Waals surface area contributed by atoms with Crippen LogP contribution in [0.3, 0.4) is 0 Å². The van der Waals surface area contributed by atoms with Crippen LogP contribution in [0.4, 0.5) is 5.69 Å². The van der Waals surface area contributed by atoms with E-state index in [1.54, 1.807) is 23.5 Å². The summed E-state index contributed by atoms with van der Waals surface area (Å²) in [6.45, 7) is 4.37. The van der Waals surface area contributed by atoms with E-state index >= 15 is 0 Å². The molecule has 1 heterocycles. The highest BCUT2D eigenvalue weighted by Crippen LogP contribution is 2.23. The van der Waals surface area contributed by atoms with Gasteiger partial charge < -0.3 is 10.1 Å². The van der Waals surface area contributed by atoms with E-state index in [0.717, 1.165) is 28.4 Å². The molecule has 2 aromatic carbocycles. The number of aryl methyl sites for hydroxylation is 2. The summed E-state index contributed by atoms with van der Waals surface area (Å²) in [5, 5.41) is 5.96. The second kappa shape index (κ2) is 7.94. The summed E-state index contributed by atoms with van der Waals surface area (Å²) in [7, 11) is 0. The first-order valence-electron chi connectivity index (χ1n) is 8.19. The van der Waals surface area contributed by atoms with Crippen molar-refractivity contribution in [3.8, 4) is 5.75 Å². The molecule has 0 aliphatic heterocycles. The highest BCUT2D eigenvalue weighted by molar-refractivity contribution is 7.09. The molecule has 128 valence electrons. The Kier molecular flexibility index (Phi) is 5.46. The quantitative estimate of drug-likeness (QED) is 0.690. The molecule has 0 bridgehead atoms. The molecule has 1 N–H and O–H groups in total. The van der Waals surface area contributed by atoms with Gasteiger partial charge in [-0.2, -0.15) is 0 Å². The predicted octanol–water partition coefficient (Wildman–Crippen LogP) is 4.85. The lowest BCUT2D eigenvalue weighted by atomic mass is 10.1. The van der Waals surface area contributed by atoms with Crippen LogP contribution in [0.5, 0.6) is 5.75 Å². The number of nitrogens with zero attached hydrogens (tertiary/aromatic N) is 1. The number of amides is 1. The number of ether oxygens (including phenoxy) is 1. The van der Waals surface area contributed by atoms with Gasteiger partial charge in [0.2, 0.25) is 0 Å². The van der Waals surface area contributed by atoms with E-state index in [1.807, 2.05) is 48.7 Å². The van der Waals surface area contributed by atoms with Gasteiger partial charge in [0.1, 0.15) is 12.4 Å². The van der Waals surface area contributed by atoms with Crippen LogP contribution in [0.15, 0.2) is 53.9 Å². The monoisotopic (exact) mass is 352 g/mol. The molecule has 0 saturated heterocycles. The van der Waals surface area contributed by atoms with E-state index in [1.165, 1.54) is 0 Å².